The highest BCUT2D eigenvalue weighted by Gasteiger charge is 2.66. The molecule has 1 rings (SSSR count). The van der Waals surface area contributed by atoms with Crippen molar-refractivity contribution in [2.24, 2.45) is 0 Å². The molecule has 1 aromatic rings. The Morgan fingerprint density at radius 1 is 0.905 bits per heavy atom. The first kappa shape index (κ1) is 17.2. The van der Waals surface area contributed by atoms with Crippen molar-refractivity contribution in [1.82, 2.24) is 0 Å². The number of esters is 1. The number of rotatable bonds is 3. The number of carbonyl (C=O) groups excluding carboxylic acids is 1. The highest BCUT2D eigenvalue weighted by Crippen LogP contribution is 2.41. The molecule has 1 aromatic carbocycles. The van der Waals surface area contributed by atoms with Gasteiger partial charge in [-0.25, -0.2) is 4.79 Å². The summed E-state index contributed by atoms with van der Waals surface area (Å²) in [7, 11) is 0. The molecule has 0 N–H and O–H groups in total. The van der Waals surface area contributed by atoms with Crippen LogP contribution in [0.15, 0.2) is 30.3 Å². The number of hydrogen-bond acceptors (Lipinski definition) is 2. The number of carbonyl (C=O) groups is 1. The summed E-state index contributed by atoms with van der Waals surface area (Å²) in [5.41, 5.74) is -0.781. The largest absolute Gasteiger partial charge is 0.465 e. The Bertz CT molecular complexity index is 491. The monoisotopic (exact) mass is 322 g/mol. The molecule has 0 bridgehead atoms. The maximum absolute atomic E-state index is 12.6. The van der Waals surface area contributed by atoms with E-state index in [2.05, 4.69) is 4.74 Å². The average molecular weight is 322 g/mol. The summed E-state index contributed by atoms with van der Waals surface area (Å²) in [6.07, 6.45) is -14.9. The first-order chi connectivity index (χ1) is 9.37. The van der Waals surface area contributed by atoms with E-state index in [-0.39, 0.29) is 0 Å². The fourth-order valence-corrected chi connectivity index (χ4v) is 1.25. The van der Waals surface area contributed by atoms with E-state index in [9.17, 15) is 39.9 Å². The smallest absolute Gasteiger partial charge is 0.443 e. The summed E-state index contributed by atoms with van der Waals surface area (Å²) in [5.74, 6) is -9.35. The molecule has 2 nitrogen and oxygen atoms in total. The molecule has 1 atom stereocenters. The van der Waals surface area contributed by atoms with Crippen molar-refractivity contribution < 1.29 is 44.7 Å². The van der Waals surface area contributed by atoms with Crippen LogP contribution in [-0.4, -0.2) is 24.2 Å². The molecule has 0 fully saturated rings. The Labute approximate surface area is 112 Å². The van der Waals surface area contributed by atoms with Gasteiger partial charge in [0.1, 0.15) is 0 Å². The first-order valence-corrected chi connectivity index (χ1v) is 5.14. The van der Waals surface area contributed by atoms with Gasteiger partial charge >= 0.3 is 24.2 Å². The van der Waals surface area contributed by atoms with Crippen molar-refractivity contribution in [3.63, 3.8) is 0 Å². The lowest BCUT2D eigenvalue weighted by atomic mass is 10.1. The Balaban J connectivity index is 3.08. The number of ether oxygens (including phenoxy) is 1. The van der Waals surface area contributed by atoms with Gasteiger partial charge in [-0.2, -0.15) is 35.1 Å². The van der Waals surface area contributed by atoms with E-state index in [0.29, 0.717) is 0 Å². The highest BCUT2D eigenvalue weighted by molar-refractivity contribution is 5.78. The predicted octanol–water partition coefficient (Wildman–Crippen LogP) is 4.03. The lowest BCUT2D eigenvalue weighted by Gasteiger charge is -2.24. The Morgan fingerprint density at radius 2 is 1.38 bits per heavy atom. The maximum Gasteiger partial charge on any atom is 0.465 e. The molecule has 0 aliphatic carbocycles. The summed E-state index contributed by atoms with van der Waals surface area (Å²) in [4.78, 5) is 10.7. The van der Waals surface area contributed by atoms with E-state index in [1.165, 1.54) is 6.07 Å². The molecule has 0 aliphatic heterocycles. The van der Waals surface area contributed by atoms with Gasteiger partial charge in [-0.05, 0) is 0 Å². The molecule has 0 saturated carbocycles. The molecule has 21 heavy (non-hydrogen) atoms. The molecule has 0 radical (unpaired) electrons. The average Bonchev–Trinajstić information content (AvgIpc) is 2.33. The van der Waals surface area contributed by atoms with Crippen molar-refractivity contribution in [3.05, 3.63) is 35.9 Å². The first-order valence-electron chi connectivity index (χ1n) is 5.14. The van der Waals surface area contributed by atoms with E-state index in [1.54, 1.807) is 0 Å². The van der Waals surface area contributed by atoms with Gasteiger partial charge in [0.2, 0.25) is 6.10 Å². The standard InChI is InChI=1S/C11H6F8O2/c12-9(13,11(17,18)19)8(20)21-7(10(14,15)16)6-4-2-1-3-5-6/h1-5,7H. The Kier molecular flexibility index (Phi) is 4.49. The van der Waals surface area contributed by atoms with Gasteiger partial charge in [-0.3, -0.25) is 0 Å². The third kappa shape index (κ3) is 3.82. The van der Waals surface area contributed by atoms with Crippen LogP contribution in [0.25, 0.3) is 0 Å². The maximum atomic E-state index is 12.6. The van der Waals surface area contributed by atoms with E-state index < -0.39 is 35.9 Å². The van der Waals surface area contributed by atoms with Crippen LogP contribution in [0, 0.1) is 0 Å². The van der Waals surface area contributed by atoms with Crippen LogP contribution < -0.4 is 0 Å². The third-order valence-electron chi connectivity index (χ3n) is 2.24. The second-order valence-electron chi connectivity index (χ2n) is 3.81. The Morgan fingerprint density at radius 3 is 1.76 bits per heavy atom. The lowest BCUT2D eigenvalue weighted by Crippen LogP contribution is -2.46. The van der Waals surface area contributed by atoms with Crippen molar-refractivity contribution in [2.75, 3.05) is 0 Å². The summed E-state index contributed by atoms with van der Waals surface area (Å²) >= 11 is 0. The number of alkyl halides is 8. The van der Waals surface area contributed by atoms with Gasteiger partial charge < -0.3 is 4.74 Å². The van der Waals surface area contributed by atoms with Gasteiger partial charge in [0.15, 0.2) is 0 Å². The van der Waals surface area contributed by atoms with Crippen LogP contribution in [0.4, 0.5) is 35.1 Å². The third-order valence-corrected chi connectivity index (χ3v) is 2.24. The molecule has 1 unspecified atom stereocenters. The summed E-state index contributed by atoms with van der Waals surface area (Å²) in [6.45, 7) is 0. The number of hydrogen-bond donors (Lipinski definition) is 0. The summed E-state index contributed by atoms with van der Waals surface area (Å²) in [5, 5.41) is 0. The molecular formula is C11H6F8O2. The minimum absolute atomic E-state index is 0.775. The number of halogens is 8. The fourth-order valence-electron chi connectivity index (χ4n) is 1.25. The van der Waals surface area contributed by atoms with Gasteiger partial charge in [-0.15, -0.1) is 0 Å². The van der Waals surface area contributed by atoms with E-state index in [0.717, 1.165) is 24.3 Å². The normalized spacial score (nSPS) is 14.7. The van der Waals surface area contributed by atoms with Gasteiger partial charge in [0, 0.05) is 5.56 Å². The van der Waals surface area contributed by atoms with E-state index >= 15 is 0 Å². The predicted molar refractivity (Wildman–Crippen MR) is 52.3 cm³/mol. The van der Waals surface area contributed by atoms with Crippen LogP contribution in [0.5, 0.6) is 0 Å². The second kappa shape index (κ2) is 5.49. The molecule has 0 spiro atoms. The molecule has 0 aromatic heterocycles. The van der Waals surface area contributed by atoms with E-state index in [4.69, 9.17) is 0 Å². The molecule has 118 valence electrons. The quantitative estimate of drug-likeness (QED) is 0.620. The summed E-state index contributed by atoms with van der Waals surface area (Å²) < 4.78 is 102. The topological polar surface area (TPSA) is 26.3 Å². The van der Waals surface area contributed by atoms with Crippen molar-refractivity contribution in [2.45, 2.75) is 24.4 Å². The van der Waals surface area contributed by atoms with Gasteiger partial charge in [0.05, 0.1) is 0 Å². The molecule has 10 heteroatoms. The molecule has 0 heterocycles. The molecule has 0 saturated heterocycles. The number of benzene rings is 1. The van der Waals surface area contributed by atoms with Crippen LogP contribution in [0.2, 0.25) is 0 Å². The van der Waals surface area contributed by atoms with Gasteiger partial charge in [-0.1, -0.05) is 30.3 Å². The zero-order chi connectivity index (χ0) is 16.5. The molecular weight excluding hydrogens is 316 g/mol. The van der Waals surface area contributed by atoms with Crippen molar-refractivity contribution in [1.29, 1.82) is 0 Å². The van der Waals surface area contributed by atoms with Gasteiger partial charge in [0.25, 0.3) is 0 Å². The van der Waals surface area contributed by atoms with Crippen molar-refractivity contribution in [3.8, 4) is 0 Å². The van der Waals surface area contributed by atoms with Crippen LogP contribution >= 0.6 is 0 Å². The molecule has 0 amide bonds. The Hall–Kier alpha value is -1.87. The summed E-state index contributed by atoms with van der Waals surface area (Å²) in [6, 6.07) is 4.98. The van der Waals surface area contributed by atoms with Crippen LogP contribution in [0.1, 0.15) is 11.7 Å². The fraction of sp³-hybridized carbons (Fsp3) is 0.364. The second-order valence-corrected chi connectivity index (χ2v) is 3.81. The minimum atomic E-state index is -6.35. The van der Waals surface area contributed by atoms with Crippen LogP contribution in [-0.2, 0) is 9.53 Å². The van der Waals surface area contributed by atoms with E-state index in [1.807, 2.05) is 0 Å². The zero-order valence-corrected chi connectivity index (χ0v) is 9.80. The lowest BCUT2D eigenvalue weighted by molar-refractivity contribution is -0.292. The van der Waals surface area contributed by atoms with Crippen molar-refractivity contribution >= 4 is 5.97 Å². The van der Waals surface area contributed by atoms with Crippen LogP contribution in [0.3, 0.4) is 0 Å². The molecule has 0 aliphatic rings. The SMILES string of the molecule is O=C(OC(c1ccccc1)C(F)(F)F)C(F)(F)C(F)(F)F. The highest BCUT2D eigenvalue weighted by atomic mass is 19.4. The minimum Gasteiger partial charge on any atom is -0.443 e. The zero-order valence-electron chi connectivity index (χ0n) is 9.80.